The highest BCUT2D eigenvalue weighted by molar-refractivity contribution is 6.26. The van der Waals surface area contributed by atoms with Gasteiger partial charge >= 0.3 is 0 Å². The van der Waals surface area contributed by atoms with Crippen molar-refractivity contribution in [3.05, 3.63) is 218 Å². The average molecular weight is 813 g/mol. The molecule has 15 rings (SSSR count). The summed E-state index contributed by atoms with van der Waals surface area (Å²) in [6.07, 6.45) is 0. The maximum atomic E-state index is 2.50. The number of nitrogens with zero attached hydrogens (tertiary/aromatic N) is 4. The lowest BCUT2D eigenvalue weighted by molar-refractivity contribution is 1.17. The van der Waals surface area contributed by atoms with Gasteiger partial charge in [-0.2, -0.15) is 0 Å². The van der Waals surface area contributed by atoms with Crippen LogP contribution in [0.1, 0.15) is 0 Å². The van der Waals surface area contributed by atoms with E-state index < -0.39 is 0 Å². The zero-order chi connectivity index (χ0) is 41.6. The van der Waals surface area contributed by atoms with E-state index in [-0.39, 0.29) is 0 Å². The normalized spacial score (nSPS) is 12.4. The van der Waals surface area contributed by atoms with E-state index in [0.29, 0.717) is 0 Å². The van der Waals surface area contributed by atoms with Crippen molar-refractivity contribution in [1.29, 1.82) is 0 Å². The average Bonchev–Trinajstić information content (AvgIpc) is 4.15. The van der Waals surface area contributed by atoms with Gasteiger partial charge in [-0.3, -0.25) is 0 Å². The van der Waals surface area contributed by atoms with Gasteiger partial charge in [-0.15, -0.1) is 0 Å². The van der Waals surface area contributed by atoms with Gasteiger partial charge in [0, 0.05) is 76.6 Å². The number of hydrogen-bond donors (Lipinski definition) is 0. The fourth-order valence-electron chi connectivity index (χ4n) is 11.5. The zero-order valence-corrected chi connectivity index (χ0v) is 34.6. The first kappa shape index (κ1) is 34.0. The summed E-state index contributed by atoms with van der Waals surface area (Å²) in [7, 11) is 0. The topological polar surface area (TPSA) is 17.0 Å². The summed E-state index contributed by atoms with van der Waals surface area (Å²) in [5.74, 6) is 0. The summed E-state index contributed by atoms with van der Waals surface area (Å²) in [4.78, 5) is 2.50. The number of fused-ring (bicyclic) bond motifs is 15. The van der Waals surface area contributed by atoms with E-state index in [0.717, 1.165) is 22.7 Å². The Balaban J connectivity index is 1.01. The van der Waals surface area contributed by atoms with Crippen molar-refractivity contribution in [3.63, 3.8) is 0 Å². The molecule has 0 aliphatic carbocycles. The summed E-state index contributed by atoms with van der Waals surface area (Å²) >= 11 is 0. The van der Waals surface area contributed by atoms with Gasteiger partial charge in [0.15, 0.2) is 0 Å². The van der Waals surface area contributed by atoms with E-state index in [1.54, 1.807) is 0 Å². The second-order valence-electron chi connectivity index (χ2n) is 17.3. The molecule has 5 heterocycles. The molecule has 15 aromatic rings. The van der Waals surface area contributed by atoms with Crippen LogP contribution in [0.5, 0.6) is 0 Å². The van der Waals surface area contributed by atoms with Gasteiger partial charge < -0.3 is 18.3 Å². The molecule has 0 aliphatic heterocycles. The van der Waals surface area contributed by atoms with E-state index in [1.807, 2.05) is 0 Å². The van der Waals surface area contributed by atoms with Crippen LogP contribution in [0.2, 0.25) is 0 Å². The van der Waals surface area contributed by atoms with Crippen LogP contribution in [0, 0.1) is 0 Å². The minimum atomic E-state index is 1.10. The highest BCUT2D eigenvalue weighted by atomic mass is 15.1. The molecule has 0 bridgehead atoms. The van der Waals surface area contributed by atoms with Gasteiger partial charge in [0.2, 0.25) is 0 Å². The molecule has 0 amide bonds. The molecular weight excluding hydrogens is 777 g/mol. The fourth-order valence-corrected chi connectivity index (χ4v) is 11.5. The van der Waals surface area contributed by atoms with Gasteiger partial charge in [-0.05, 0) is 96.1 Å². The Labute approximate surface area is 366 Å². The molecule has 0 atom stereocenters. The van der Waals surface area contributed by atoms with Crippen molar-refractivity contribution in [3.8, 4) is 16.8 Å². The molecule has 0 N–H and O–H groups in total. The van der Waals surface area contributed by atoms with Crippen LogP contribution in [-0.2, 0) is 0 Å². The Morgan fingerprint density at radius 2 is 0.688 bits per heavy atom. The van der Waals surface area contributed by atoms with Crippen LogP contribution in [0.3, 0.4) is 0 Å². The summed E-state index contributed by atoms with van der Waals surface area (Å²) in [6, 6.07) is 80.7. The molecule has 296 valence electrons. The highest BCUT2D eigenvalue weighted by Crippen LogP contribution is 2.48. The third-order valence-corrected chi connectivity index (χ3v) is 14.0. The first-order chi connectivity index (χ1) is 31.8. The van der Waals surface area contributed by atoms with Gasteiger partial charge in [0.25, 0.3) is 0 Å². The molecule has 0 spiro atoms. The van der Waals surface area contributed by atoms with E-state index in [1.165, 1.54) is 109 Å². The molecule has 0 unspecified atom stereocenters. The molecule has 4 nitrogen and oxygen atoms in total. The smallest absolute Gasteiger partial charge is 0.0622 e. The maximum Gasteiger partial charge on any atom is 0.0622 e. The van der Waals surface area contributed by atoms with E-state index in [4.69, 9.17) is 0 Å². The predicted molar refractivity (Wildman–Crippen MR) is 270 cm³/mol. The van der Waals surface area contributed by atoms with E-state index in [9.17, 15) is 0 Å². The molecule has 0 aliphatic rings. The van der Waals surface area contributed by atoms with E-state index in [2.05, 4.69) is 237 Å². The van der Waals surface area contributed by atoms with Crippen LogP contribution >= 0.6 is 0 Å². The fraction of sp³-hybridized carbons (Fsp3) is 0. The van der Waals surface area contributed by atoms with Crippen LogP contribution in [-0.4, -0.2) is 13.4 Å². The quantitative estimate of drug-likeness (QED) is 0.169. The Morgan fingerprint density at radius 1 is 0.281 bits per heavy atom. The number of anilines is 3. The molecular formula is C60H36N4. The summed E-state index contributed by atoms with van der Waals surface area (Å²) < 4.78 is 7.36. The number of para-hydroxylation sites is 5. The largest absolute Gasteiger partial charge is 0.310 e. The molecule has 0 saturated heterocycles. The third kappa shape index (κ3) is 4.41. The molecule has 0 radical (unpaired) electrons. The van der Waals surface area contributed by atoms with Crippen molar-refractivity contribution in [2.45, 2.75) is 0 Å². The Morgan fingerprint density at radius 3 is 1.17 bits per heavy atom. The SMILES string of the molecule is c1ccc(-c2cccc3c2c2ccccc2n3-c2ccc(N(c3cc4c5ccccc5n5c6ccccc6c(c3)c45)c3cc4c5ccccc5n5c6ccccc6c(c3)c45)cc2)cc1. The van der Waals surface area contributed by atoms with Crippen LogP contribution in [0.25, 0.3) is 115 Å². The van der Waals surface area contributed by atoms with Crippen LogP contribution in [0.15, 0.2) is 218 Å². The third-order valence-electron chi connectivity index (χ3n) is 14.0. The molecule has 10 aromatic carbocycles. The Hall–Kier alpha value is -8.60. The van der Waals surface area contributed by atoms with Gasteiger partial charge in [0.1, 0.15) is 0 Å². The second-order valence-corrected chi connectivity index (χ2v) is 17.3. The minimum absolute atomic E-state index is 1.10. The number of hydrogen-bond acceptors (Lipinski definition) is 1. The monoisotopic (exact) mass is 812 g/mol. The maximum absolute atomic E-state index is 2.50. The lowest BCUT2D eigenvalue weighted by Gasteiger charge is -2.26. The van der Waals surface area contributed by atoms with Crippen LogP contribution in [0.4, 0.5) is 17.1 Å². The van der Waals surface area contributed by atoms with Gasteiger partial charge in [-0.1, -0.05) is 133 Å². The number of benzene rings is 10. The summed E-state index contributed by atoms with van der Waals surface area (Å²) in [6.45, 7) is 0. The van der Waals surface area contributed by atoms with E-state index >= 15 is 0 Å². The standard InChI is InChI=1S/C60H36N4/c1-2-15-37(16-3-1)42-22-14-28-57-58(42)47-21-8-13-27-56(47)62(57)39-31-29-38(30-32-39)61(40-33-48-43-17-4-9-23-52(43)63-53-24-10-5-18-44(53)49(34-40)59(48)63)41-35-50-45-19-6-11-25-54(45)64-55-26-12-7-20-46(55)51(36-41)60(50)64/h1-36H. The molecule has 0 fully saturated rings. The first-order valence-corrected chi connectivity index (χ1v) is 22.1. The second kappa shape index (κ2) is 12.5. The van der Waals surface area contributed by atoms with Crippen molar-refractivity contribution < 1.29 is 0 Å². The predicted octanol–water partition coefficient (Wildman–Crippen LogP) is 16.2. The van der Waals surface area contributed by atoms with Crippen molar-refractivity contribution in [2.75, 3.05) is 4.90 Å². The molecule has 0 saturated carbocycles. The Kier molecular flexibility index (Phi) is 6.65. The molecule has 4 heteroatoms. The summed E-state index contributed by atoms with van der Waals surface area (Å²) in [5, 5.41) is 12.6. The minimum Gasteiger partial charge on any atom is -0.310 e. The zero-order valence-electron chi connectivity index (χ0n) is 34.6. The highest BCUT2D eigenvalue weighted by Gasteiger charge is 2.25. The van der Waals surface area contributed by atoms with Gasteiger partial charge in [-0.25, -0.2) is 0 Å². The molecule has 5 aromatic heterocycles. The summed E-state index contributed by atoms with van der Waals surface area (Å²) in [5.41, 5.74) is 16.8. The Bertz CT molecular complexity index is 4010. The lowest BCUT2D eigenvalue weighted by Crippen LogP contribution is -2.10. The molecule has 64 heavy (non-hydrogen) atoms. The van der Waals surface area contributed by atoms with Crippen molar-refractivity contribution >= 4 is 115 Å². The van der Waals surface area contributed by atoms with Gasteiger partial charge in [0.05, 0.1) is 44.1 Å². The lowest BCUT2D eigenvalue weighted by atomic mass is 9.99. The van der Waals surface area contributed by atoms with Crippen LogP contribution < -0.4 is 4.90 Å². The van der Waals surface area contributed by atoms with Crippen molar-refractivity contribution in [2.24, 2.45) is 0 Å². The van der Waals surface area contributed by atoms with Crippen molar-refractivity contribution in [1.82, 2.24) is 13.4 Å². The number of rotatable bonds is 5. The first-order valence-electron chi connectivity index (χ1n) is 22.1. The number of aromatic nitrogens is 3.